The van der Waals surface area contributed by atoms with Crippen LogP contribution in [0, 0.1) is 12.8 Å². The van der Waals surface area contributed by atoms with E-state index in [1.807, 2.05) is 12.1 Å². The van der Waals surface area contributed by atoms with Gasteiger partial charge in [-0.15, -0.1) is 0 Å². The number of aryl methyl sites for hydroxylation is 1. The van der Waals surface area contributed by atoms with Gasteiger partial charge in [0.05, 0.1) is 6.54 Å². The summed E-state index contributed by atoms with van der Waals surface area (Å²) in [6, 6.07) is 6.01. The summed E-state index contributed by atoms with van der Waals surface area (Å²) in [6.45, 7) is 8.10. The lowest BCUT2D eigenvalue weighted by atomic mass is 10.2. The molecule has 1 N–H and O–H groups in total. The van der Waals surface area contributed by atoms with Gasteiger partial charge in [0.2, 0.25) is 5.89 Å². The first-order valence-corrected chi connectivity index (χ1v) is 5.72. The van der Waals surface area contributed by atoms with Gasteiger partial charge in [-0.1, -0.05) is 26.0 Å². The molecule has 0 radical (unpaired) electrons. The Bertz CT molecular complexity index is 474. The third-order valence-corrected chi connectivity index (χ3v) is 2.49. The molecule has 2 rings (SSSR count). The Balaban J connectivity index is 2.11. The number of hydrogen-bond acceptors (Lipinski definition) is 3. The first-order valence-electron chi connectivity index (χ1n) is 5.72. The first-order chi connectivity index (χ1) is 7.66. The largest absolute Gasteiger partial charge is 0.439 e. The standard InChI is InChI=1S/C13H18N2O/c1-9(2)7-14-8-12-15-13-10(3)5-4-6-11(13)16-12/h4-6,9,14H,7-8H2,1-3H3. The smallest absolute Gasteiger partial charge is 0.209 e. The summed E-state index contributed by atoms with van der Waals surface area (Å²) in [5.74, 6) is 1.41. The molecule has 0 saturated heterocycles. The molecule has 1 aromatic heterocycles. The Hall–Kier alpha value is -1.35. The highest BCUT2D eigenvalue weighted by molar-refractivity contribution is 5.76. The number of oxazole rings is 1. The molecule has 16 heavy (non-hydrogen) atoms. The zero-order valence-electron chi connectivity index (χ0n) is 10.1. The third-order valence-electron chi connectivity index (χ3n) is 2.49. The van der Waals surface area contributed by atoms with Crippen LogP contribution in [0.1, 0.15) is 25.3 Å². The predicted molar refractivity (Wildman–Crippen MR) is 65.3 cm³/mol. The van der Waals surface area contributed by atoms with Gasteiger partial charge in [-0.3, -0.25) is 0 Å². The molecule has 0 amide bonds. The Morgan fingerprint density at radius 3 is 2.88 bits per heavy atom. The van der Waals surface area contributed by atoms with Crippen molar-refractivity contribution in [3.8, 4) is 0 Å². The van der Waals surface area contributed by atoms with E-state index >= 15 is 0 Å². The van der Waals surface area contributed by atoms with Crippen LogP contribution in [0.15, 0.2) is 22.6 Å². The molecule has 0 bridgehead atoms. The molecular formula is C13H18N2O. The molecule has 0 fully saturated rings. The van der Waals surface area contributed by atoms with Gasteiger partial charge in [-0.2, -0.15) is 0 Å². The number of aromatic nitrogens is 1. The lowest BCUT2D eigenvalue weighted by molar-refractivity contribution is 0.471. The maximum atomic E-state index is 5.66. The molecule has 3 nitrogen and oxygen atoms in total. The lowest BCUT2D eigenvalue weighted by Gasteiger charge is -2.03. The van der Waals surface area contributed by atoms with Crippen LogP contribution in [-0.4, -0.2) is 11.5 Å². The Morgan fingerprint density at radius 1 is 1.38 bits per heavy atom. The maximum absolute atomic E-state index is 5.66. The van der Waals surface area contributed by atoms with Gasteiger partial charge in [0.15, 0.2) is 5.58 Å². The summed E-state index contributed by atoms with van der Waals surface area (Å²) in [5.41, 5.74) is 3.02. The summed E-state index contributed by atoms with van der Waals surface area (Å²) in [7, 11) is 0. The van der Waals surface area contributed by atoms with Gasteiger partial charge in [0, 0.05) is 0 Å². The summed E-state index contributed by atoms with van der Waals surface area (Å²) >= 11 is 0. The average molecular weight is 218 g/mol. The van der Waals surface area contributed by atoms with Crippen LogP contribution >= 0.6 is 0 Å². The molecule has 3 heteroatoms. The Morgan fingerprint density at radius 2 is 2.19 bits per heavy atom. The number of para-hydroxylation sites is 1. The van der Waals surface area contributed by atoms with E-state index in [-0.39, 0.29) is 0 Å². The van der Waals surface area contributed by atoms with Crippen LogP contribution in [-0.2, 0) is 6.54 Å². The number of nitrogens with zero attached hydrogens (tertiary/aromatic N) is 1. The van der Waals surface area contributed by atoms with E-state index in [9.17, 15) is 0 Å². The topological polar surface area (TPSA) is 38.1 Å². The van der Waals surface area contributed by atoms with Crippen LogP contribution < -0.4 is 5.32 Å². The molecule has 2 aromatic rings. The van der Waals surface area contributed by atoms with Gasteiger partial charge < -0.3 is 9.73 Å². The van der Waals surface area contributed by atoms with E-state index in [0.717, 1.165) is 29.1 Å². The van der Waals surface area contributed by atoms with Crippen molar-refractivity contribution in [2.75, 3.05) is 6.54 Å². The molecule has 1 aromatic carbocycles. The van der Waals surface area contributed by atoms with Gasteiger partial charge >= 0.3 is 0 Å². The summed E-state index contributed by atoms with van der Waals surface area (Å²) in [4.78, 5) is 4.48. The highest BCUT2D eigenvalue weighted by atomic mass is 16.3. The maximum Gasteiger partial charge on any atom is 0.209 e. The third kappa shape index (κ3) is 2.42. The zero-order valence-corrected chi connectivity index (χ0v) is 10.1. The molecule has 0 unspecified atom stereocenters. The minimum absolute atomic E-state index is 0.645. The van der Waals surface area contributed by atoms with Gasteiger partial charge in [-0.25, -0.2) is 4.98 Å². The second-order valence-electron chi connectivity index (χ2n) is 4.55. The number of rotatable bonds is 4. The lowest BCUT2D eigenvalue weighted by Crippen LogP contribution is -2.19. The quantitative estimate of drug-likeness (QED) is 0.857. The monoisotopic (exact) mass is 218 g/mol. The Kier molecular flexibility index (Phi) is 3.25. The summed E-state index contributed by atoms with van der Waals surface area (Å²) in [5, 5.41) is 3.33. The first kappa shape index (κ1) is 11.1. The molecular weight excluding hydrogens is 200 g/mol. The summed E-state index contributed by atoms with van der Waals surface area (Å²) < 4.78 is 5.66. The van der Waals surface area contributed by atoms with Crippen molar-refractivity contribution in [1.82, 2.24) is 10.3 Å². The molecule has 0 aliphatic heterocycles. The SMILES string of the molecule is Cc1cccc2oc(CNCC(C)C)nc12. The van der Waals surface area contributed by atoms with Crippen molar-refractivity contribution in [3.05, 3.63) is 29.7 Å². The van der Waals surface area contributed by atoms with Gasteiger partial charge in [-0.05, 0) is 31.0 Å². The minimum Gasteiger partial charge on any atom is -0.439 e. The van der Waals surface area contributed by atoms with Crippen molar-refractivity contribution >= 4 is 11.1 Å². The molecule has 0 aliphatic rings. The molecule has 0 aliphatic carbocycles. The second-order valence-corrected chi connectivity index (χ2v) is 4.55. The van der Waals surface area contributed by atoms with Crippen molar-refractivity contribution in [2.24, 2.45) is 5.92 Å². The van der Waals surface area contributed by atoms with Crippen LogP contribution in [0.3, 0.4) is 0 Å². The molecule has 0 atom stereocenters. The average Bonchev–Trinajstić information content (AvgIpc) is 2.61. The van der Waals surface area contributed by atoms with Crippen molar-refractivity contribution in [1.29, 1.82) is 0 Å². The fourth-order valence-electron chi connectivity index (χ4n) is 1.68. The van der Waals surface area contributed by atoms with E-state index < -0.39 is 0 Å². The van der Waals surface area contributed by atoms with E-state index in [1.54, 1.807) is 0 Å². The molecule has 0 saturated carbocycles. The number of fused-ring (bicyclic) bond motifs is 1. The van der Waals surface area contributed by atoms with Crippen molar-refractivity contribution in [2.45, 2.75) is 27.3 Å². The normalized spacial score (nSPS) is 11.5. The van der Waals surface area contributed by atoms with E-state index in [2.05, 4.69) is 37.1 Å². The highest BCUT2D eigenvalue weighted by Crippen LogP contribution is 2.18. The van der Waals surface area contributed by atoms with E-state index in [4.69, 9.17) is 4.42 Å². The highest BCUT2D eigenvalue weighted by Gasteiger charge is 2.06. The molecule has 1 heterocycles. The molecule has 0 spiro atoms. The Labute approximate surface area is 95.9 Å². The van der Waals surface area contributed by atoms with E-state index in [0.29, 0.717) is 12.5 Å². The summed E-state index contributed by atoms with van der Waals surface area (Å²) in [6.07, 6.45) is 0. The zero-order chi connectivity index (χ0) is 11.5. The van der Waals surface area contributed by atoms with Crippen LogP contribution in [0.4, 0.5) is 0 Å². The van der Waals surface area contributed by atoms with Gasteiger partial charge in [0.25, 0.3) is 0 Å². The minimum atomic E-state index is 0.645. The predicted octanol–water partition coefficient (Wildman–Crippen LogP) is 2.88. The van der Waals surface area contributed by atoms with E-state index in [1.165, 1.54) is 0 Å². The van der Waals surface area contributed by atoms with Crippen molar-refractivity contribution in [3.63, 3.8) is 0 Å². The number of hydrogen-bond donors (Lipinski definition) is 1. The number of nitrogens with one attached hydrogen (secondary N) is 1. The molecule has 86 valence electrons. The van der Waals surface area contributed by atoms with Crippen molar-refractivity contribution < 1.29 is 4.42 Å². The van der Waals surface area contributed by atoms with Crippen LogP contribution in [0.25, 0.3) is 11.1 Å². The van der Waals surface area contributed by atoms with Gasteiger partial charge in [0.1, 0.15) is 5.52 Å². The fraction of sp³-hybridized carbons (Fsp3) is 0.462. The second kappa shape index (κ2) is 4.66. The number of benzene rings is 1. The van der Waals surface area contributed by atoms with Crippen LogP contribution in [0.2, 0.25) is 0 Å². The fourth-order valence-corrected chi connectivity index (χ4v) is 1.68. The van der Waals surface area contributed by atoms with Crippen LogP contribution in [0.5, 0.6) is 0 Å².